The molecule has 1 aliphatic carbocycles. The highest BCUT2D eigenvalue weighted by molar-refractivity contribution is 6.24. The van der Waals surface area contributed by atoms with Gasteiger partial charge < -0.3 is 9.47 Å². The van der Waals surface area contributed by atoms with E-state index in [0.717, 1.165) is 4.90 Å². The van der Waals surface area contributed by atoms with E-state index in [2.05, 4.69) is 5.32 Å². The van der Waals surface area contributed by atoms with Gasteiger partial charge in [-0.3, -0.25) is 14.9 Å². The third kappa shape index (κ3) is 3.89. The summed E-state index contributed by atoms with van der Waals surface area (Å²) < 4.78 is 10.5. The van der Waals surface area contributed by atoms with E-state index in [1.54, 1.807) is 53.7 Å². The lowest BCUT2D eigenvalue weighted by Crippen LogP contribution is -2.59. The highest BCUT2D eigenvalue weighted by Crippen LogP contribution is 2.34. The number of ketones is 1. The predicted molar refractivity (Wildman–Crippen MR) is 92.3 cm³/mol. The van der Waals surface area contributed by atoms with Crippen LogP contribution in [0.5, 0.6) is 0 Å². The molecule has 8 heteroatoms. The van der Waals surface area contributed by atoms with E-state index in [1.807, 2.05) is 0 Å². The molecule has 1 fully saturated rings. The number of alkyl carbamates (subject to hydrolysis) is 1. The van der Waals surface area contributed by atoms with E-state index in [-0.39, 0.29) is 12.8 Å². The number of likely N-dealkylation sites (tertiary alicyclic amines) is 1. The number of rotatable bonds is 1. The van der Waals surface area contributed by atoms with Crippen LogP contribution in [-0.2, 0) is 19.1 Å². The Morgan fingerprint density at radius 3 is 2.19 bits per heavy atom. The monoisotopic (exact) mass is 366 g/mol. The van der Waals surface area contributed by atoms with Crippen LogP contribution < -0.4 is 5.32 Å². The van der Waals surface area contributed by atoms with E-state index in [4.69, 9.17) is 9.47 Å². The third-order valence-corrected chi connectivity index (χ3v) is 3.87. The van der Waals surface area contributed by atoms with Crippen LogP contribution >= 0.6 is 0 Å². The van der Waals surface area contributed by atoms with Gasteiger partial charge in [0.1, 0.15) is 17.2 Å². The topological polar surface area (TPSA) is 102 Å². The number of amides is 3. The van der Waals surface area contributed by atoms with Crippen molar-refractivity contribution in [3.8, 4) is 0 Å². The lowest BCUT2D eigenvalue weighted by molar-refractivity contribution is -0.134. The van der Waals surface area contributed by atoms with Gasteiger partial charge in [-0.2, -0.15) is 0 Å². The van der Waals surface area contributed by atoms with Crippen molar-refractivity contribution >= 4 is 23.9 Å². The summed E-state index contributed by atoms with van der Waals surface area (Å²) >= 11 is 0. The Hall–Kier alpha value is -2.38. The molecule has 0 saturated carbocycles. The molecule has 3 amide bonds. The summed E-state index contributed by atoms with van der Waals surface area (Å²) in [6, 6.07) is -1.01. The van der Waals surface area contributed by atoms with Gasteiger partial charge in [0.05, 0.1) is 0 Å². The van der Waals surface area contributed by atoms with Gasteiger partial charge in [0, 0.05) is 6.42 Å². The molecule has 0 aromatic carbocycles. The summed E-state index contributed by atoms with van der Waals surface area (Å²) in [5.74, 6) is -1.33. The standard InChI is InChI=1S/C18H26N2O6/c1-16(2,3)25-14(23)19-18-10-8-7-9-11(12(18)21)20(13(18)22)15(24)26-17(4,5)6/h7-8,11H,9-10H2,1-6H3,(H,19,23)/t11-,18-/m1/s1. The average molecular weight is 366 g/mol. The number of ether oxygens (including phenoxy) is 2. The first-order valence-corrected chi connectivity index (χ1v) is 8.54. The van der Waals surface area contributed by atoms with Gasteiger partial charge in [-0.05, 0) is 48.0 Å². The van der Waals surface area contributed by atoms with Crippen LogP contribution in [0.3, 0.4) is 0 Å². The molecule has 0 aromatic rings. The summed E-state index contributed by atoms with van der Waals surface area (Å²) in [5, 5.41) is 2.41. The van der Waals surface area contributed by atoms with Gasteiger partial charge in [0.25, 0.3) is 5.91 Å². The molecule has 144 valence electrons. The number of Topliss-reactive ketones (excluding diaryl/α,β-unsaturated/α-hetero) is 1. The second kappa shape index (κ2) is 6.41. The molecule has 1 heterocycles. The van der Waals surface area contributed by atoms with Gasteiger partial charge in [0.15, 0.2) is 11.3 Å². The van der Waals surface area contributed by atoms with Crippen molar-refractivity contribution in [2.75, 3.05) is 0 Å². The van der Waals surface area contributed by atoms with Crippen LogP contribution in [0.25, 0.3) is 0 Å². The zero-order valence-electron chi connectivity index (χ0n) is 16.0. The lowest BCUT2D eigenvalue weighted by Gasteiger charge is -2.29. The Labute approximate surface area is 152 Å². The highest BCUT2D eigenvalue weighted by atomic mass is 16.6. The quantitative estimate of drug-likeness (QED) is 0.564. The zero-order chi connectivity index (χ0) is 19.9. The number of hydrogen-bond acceptors (Lipinski definition) is 6. The fourth-order valence-electron chi connectivity index (χ4n) is 2.91. The van der Waals surface area contributed by atoms with Gasteiger partial charge in [-0.25, -0.2) is 14.5 Å². The molecule has 2 aliphatic rings. The molecule has 1 N–H and O–H groups in total. The number of fused-ring (bicyclic) bond motifs is 2. The van der Waals surface area contributed by atoms with Crippen LogP contribution in [0, 0.1) is 0 Å². The first-order chi connectivity index (χ1) is 11.8. The molecule has 2 atom stereocenters. The van der Waals surface area contributed by atoms with Gasteiger partial charge in [-0.15, -0.1) is 0 Å². The number of carbonyl (C=O) groups excluding carboxylic acids is 4. The molecular formula is C18H26N2O6. The maximum Gasteiger partial charge on any atom is 0.417 e. The minimum atomic E-state index is -1.85. The van der Waals surface area contributed by atoms with Crippen molar-refractivity contribution in [1.29, 1.82) is 0 Å². The Bertz CT molecular complexity index is 670. The number of nitrogens with zero attached hydrogens (tertiary/aromatic N) is 1. The Morgan fingerprint density at radius 1 is 1.08 bits per heavy atom. The van der Waals surface area contributed by atoms with E-state index in [1.165, 1.54) is 0 Å². The third-order valence-electron chi connectivity index (χ3n) is 3.87. The molecular weight excluding hydrogens is 340 g/mol. The Kier molecular flexibility index (Phi) is 4.91. The fourth-order valence-corrected chi connectivity index (χ4v) is 2.91. The average Bonchev–Trinajstić information content (AvgIpc) is 2.53. The largest absolute Gasteiger partial charge is 0.444 e. The molecule has 0 aromatic heterocycles. The first-order valence-electron chi connectivity index (χ1n) is 8.54. The lowest BCUT2D eigenvalue weighted by atomic mass is 9.91. The van der Waals surface area contributed by atoms with Crippen molar-refractivity contribution in [3.63, 3.8) is 0 Å². The summed E-state index contributed by atoms with van der Waals surface area (Å²) in [7, 11) is 0. The van der Waals surface area contributed by atoms with Crippen molar-refractivity contribution in [2.24, 2.45) is 0 Å². The van der Waals surface area contributed by atoms with Crippen molar-refractivity contribution in [3.05, 3.63) is 12.2 Å². The van der Waals surface area contributed by atoms with Gasteiger partial charge in [0.2, 0.25) is 0 Å². The SMILES string of the molecule is CC(C)(C)OC(=O)N[C@]12CC=CC[C@H](C1=O)N(C(=O)OC(C)(C)C)C2=O. The Morgan fingerprint density at radius 2 is 1.65 bits per heavy atom. The van der Waals surface area contributed by atoms with Crippen LogP contribution in [0.15, 0.2) is 12.2 Å². The highest BCUT2D eigenvalue weighted by Gasteiger charge is 2.62. The van der Waals surface area contributed by atoms with E-state index >= 15 is 0 Å². The number of carbonyl (C=O) groups is 4. The molecule has 8 nitrogen and oxygen atoms in total. The number of imide groups is 1. The molecule has 1 aliphatic heterocycles. The second-order valence-corrected chi connectivity index (χ2v) is 8.48. The smallest absolute Gasteiger partial charge is 0.417 e. The fraction of sp³-hybridized carbons (Fsp3) is 0.667. The predicted octanol–water partition coefficient (Wildman–Crippen LogP) is 2.31. The molecule has 0 spiro atoms. The van der Waals surface area contributed by atoms with Crippen molar-refractivity contribution in [2.45, 2.75) is 77.2 Å². The molecule has 0 unspecified atom stereocenters. The van der Waals surface area contributed by atoms with Crippen LogP contribution in [0.1, 0.15) is 54.4 Å². The summed E-state index contributed by atoms with van der Waals surface area (Å²) in [6.45, 7) is 10.0. The summed E-state index contributed by atoms with van der Waals surface area (Å²) in [4.78, 5) is 51.5. The van der Waals surface area contributed by atoms with Crippen LogP contribution in [-0.4, -0.2) is 51.6 Å². The zero-order valence-corrected chi connectivity index (χ0v) is 16.0. The van der Waals surface area contributed by atoms with Crippen LogP contribution in [0.2, 0.25) is 0 Å². The minimum absolute atomic E-state index is 0.0420. The normalized spacial score (nSPS) is 25.8. The maximum atomic E-state index is 13.0. The molecule has 2 rings (SSSR count). The van der Waals surface area contributed by atoms with Gasteiger partial charge >= 0.3 is 12.2 Å². The maximum absolute atomic E-state index is 13.0. The molecule has 26 heavy (non-hydrogen) atoms. The van der Waals surface area contributed by atoms with E-state index < -0.39 is 46.7 Å². The molecule has 1 saturated heterocycles. The second-order valence-electron chi connectivity index (χ2n) is 8.48. The van der Waals surface area contributed by atoms with E-state index in [9.17, 15) is 19.2 Å². The molecule has 0 radical (unpaired) electrons. The van der Waals surface area contributed by atoms with Crippen LogP contribution in [0.4, 0.5) is 9.59 Å². The summed E-state index contributed by atoms with van der Waals surface area (Å²) in [6.07, 6.45) is 1.72. The number of nitrogens with one attached hydrogen (secondary N) is 1. The van der Waals surface area contributed by atoms with Crippen molar-refractivity contribution in [1.82, 2.24) is 10.2 Å². The summed E-state index contributed by atoms with van der Waals surface area (Å²) in [5.41, 5.74) is -3.47. The first kappa shape index (κ1) is 19.9. The molecule has 2 bridgehead atoms. The van der Waals surface area contributed by atoms with E-state index in [0.29, 0.717) is 0 Å². The Balaban J connectivity index is 2.34. The number of hydrogen-bond donors (Lipinski definition) is 1. The van der Waals surface area contributed by atoms with Crippen molar-refractivity contribution < 1.29 is 28.7 Å². The van der Waals surface area contributed by atoms with Gasteiger partial charge in [-0.1, -0.05) is 12.2 Å². The minimum Gasteiger partial charge on any atom is -0.444 e.